The summed E-state index contributed by atoms with van der Waals surface area (Å²) in [4.78, 5) is 56.4. The smallest absolute Gasteiger partial charge is 0.338 e. The molecule has 0 radical (unpaired) electrons. The molecule has 46 heavy (non-hydrogen) atoms. The molecule has 0 aliphatic carbocycles. The first-order valence-corrected chi connectivity index (χ1v) is 16.9. The quantitative estimate of drug-likeness (QED) is 0.134. The number of halogens is 1. The van der Waals surface area contributed by atoms with Gasteiger partial charge in [-0.15, -0.1) is 0 Å². The van der Waals surface area contributed by atoms with E-state index in [2.05, 4.69) is 24.5 Å². The highest BCUT2D eigenvalue weighted by molar-refractivity contribution is 6.30. The second-order valence-electron chi connectivity index (χ2n) is 11.7. The predicted octanol–water partition coefficient (Wildman–Crippen LogP) is 6.92. The van der Waals surface area contributed by atoms with Crippen molar-refractivity contribution in [1.82, 2.24) is 20.4 Å². The lowest BCUT2D eigenvalue weighted by Gasteiger charge is -2.35. The highest BCUT2D eigenvalue weighted by Crippen LogP contribution is 2.32. The van der Waals surface area contributed by atoms with Crippen LogP contribution in [0, 0.1) is 0 Å². The van der Waals surface area contributed by atoms with Crippen LogP contribution in [0.5, 0.6) is 0 Å². The monoisotopic (exact) mass is 652 g/mol. The van der Waals surface area contributed by atoms with Gasteiger partial charge < -0.3 is 20.3 Å². The van der Waals surface area contributed by atoms with Gasteiger partial charge in [-0.2, -0.15) is 0 Å². The Bertz CT molecular complexity index is 1330. The molecule has 1 aliphatic heterocycles. The fourth-order valence-electron chi connectivity index (χ4n) is 5.47. The molecule has 0 spiro atoms. The predicted molar refractivity (Wildman–Crippen MR) is 181 cm³/mol. The summed E-state index contributed by atoms with van der Waals surface area (Å²) in [5.41, 5.74) is 2.33. The third-order valence-electron chi connectivity index (χ3n) is 8.25. The van der Waals surface area contributed by atoms with E-state index < -0.39 is 18.1 Å². The summed E-state index contributed by atoms with van der Waals surface area (Å²) in [5, 5.41) is 6.44. The van der Waals surface area contributed by atoms with Crippen LogP contribution in [0.15, 0.2) is 65.9 Å². The van der Waals surface area contributed by atoms with E-state index in [0.717, 1.165) is 44.1 Å². The number of ether oxygens (including phenoxy) is 1. The number of carbonyl (C=O) groups excluding carboxylic acids is 4. The lowest BCUT2D eigenvalue weighted by molar-refractivity contribution is -0.141. The van der Waals surface area contributed by atoms with Crippen LogP contribution in [-0.4, -0.2) is 59.3 Å². The van der Waals surface area contributed by atoms with Gasteiger partial charge in [-0.1, -0.05) is 93.6 Å². The summed E-state index contributed by atoms with van der Waals surface area (Å²) in [5.74, 6) is -0.822. The van der Waals surface area contributed by atoms with E-state index in [9.17, 15) is 19.2 Å². The Labute approximate surface area is 278 Å². The number of nitrogens with one attached hydrogen (secondary N) is 2. The van der Waals surface area contributed by atoms with Crippen LogP contribution in [0.1, 0.15) is 96.2 Å². The second-order valence-corrected chi connectivity index (χ2v) is 12.2. The number of rotatable bonds is 18. The lowest BCUT2D eigenvalue weighted by Crippen LogP contribution is -2.49. The minimum Gasteiger partial charge on any atom is -0.457 e. The zero-order valence-electron chi connectivity index (χ0n) is 27.6. The number of carbonyl (C=O) groups is 4. The van der Waals surface area contributed by atoms with Gasteiger partial charge in [0.1, 0.15) is 12.6 Å². The molecule has 2 N–H and O–H groups in total. The minimum atomic E-state index is -0.725. The van der Waals surface area contributed by atoms with Crippen molar-refractivity contribution in [3.05, 3.63) is 82.0 Å². The molecule has 9 nitrogen and oxygen atoms in total. The molecule has 2 aromatic carbocycles. The number of benzene rings is 2. The highest BCUT2D eigenvalue weighted by atomic mass is 35.5. The summed E-state index contributed by atoms with van der Waals surface area (Å²) >= 11 is 6.11. The number of esters is 1. The maximum atomic E-state index is 13.6. The SMILES string of the molecule is CCCCCCN(C(=O)CCCN1C(=O)NC(c2ccc(Cl)cc2)C(C(=O)OCc2ccccc2)=C1C)C(C)C(=O)NCCCC. The molecule has 10 heteroatoms. The van der Waals surface area contributed by atoms with Crippen molar-refractivity contribution in [3.8, 4) is 0 Å². The Morgan fingerprint density at radius 1 is 0.978 bits per heavy atom. The lowest BCUT2D eigenvalue weighted by atomic mass is 9.95. The molecule has 2 aromatic rings. The number of nitrogens with zero attached hydrogens (tertiary/aromatic N) is 2. The molecule has 0 aromatic heterocycles. The van der Waals surface area contributed by atoms with Gasteiger partial charge in [0.25, 0.3) is 0 Å². The van der Waals surface area contributed by atoms with Gasteiger partial charge in [0.2, 0.25) is 11.8 Å². The van der Waals surface area contributed by atoms with E-state index in [1.54, 1.807) is 43.0 Å². The molecule has 0 fully saturated rings. The minimum absolute atomic E-state index is 0.0878. The zero-order valence-corrected chi connectivity index (χ0v) is 28.4. The van der Waals surface area contributed by atoms with Crippen LogP contribution in [0.3, 0.4) is 0 Å². The van der Waals surface area contributed by atoms with Gasteiger partial charge in [0, 0.05) is 36.8 Å². The number of amides is 4. The largest absolute Gasteiger partial charge is 0.457 e. The van der Waals surface area contributed by atoms with Gasteiger partial charge >= 0.3 is 12.0 Å². The first kappa shape index (κ1) is 36.6. The van der Waals surface area contributed by atoms with Crippen LogP contribution in [0.25, 0.3) is 0 Å². The maximum absolute atomic E-state index is 13.6. The Morgan fingerprint density at radius 2 is 1.67 bits per heavy atom. The van der Waals surface area contributed by atoms with Crippen molar-refractivity contribution in [2.45, 2.75) is 97.8 Å². The van der Waals surface area contributed by atoms with Crippen LogP contribution in [-0.2, 0) is 25.7 Å². The fraction of sp³-hybridized carbons (Fsp3) is 0.500. The molecule has 250 valence electrons. The molecule has 1 aliphatic rings. The number of allylic oxidation sites excluding steroid dienone is 1. The summed E-state index contributed by atoms with van der Waals surface area (Å²) in [6, 6.07) is 14.7. The summed E-state index contributed by atoms with van der Waals surface area (Å²) in [6.45, 7) is 9.08. The van der Waals surface area contributed by atoms with Gasteiger partial charge in [0.05, 0.1) is 11.6 Å². The average molecular weight is 653 g/mol. The van der Waals surface area contributed by atoms with Crippen molar-refractivity contribution in [1.29, 1.82) is 0 Å². The van der Waals surface area contributed by atoms with Gasteiger partial charge in [-0.3, -0.25) is 14.5 Å². The molecule has 3 rings (SSSR count). The van der Waals surface area contributed by atoms with E-state index in [-0.39, 0.29) is 37.4 Å². The van der Waals surface area contributed by atoms with Crippen molar-refractivity contribution < 1.29 is 23.9 Å². The van der Waals surface area contributed by atoms with E-state index in [1.165, 1.54) is 4.90 Å². The molecular formula is C36H49ClN4O5. The molecule has 0 saturated carbocycles. The van der Waals surface area contributed by atoms with Crippen LogP contribution in [0.2, 0.25) is 5.02 Å². The standard InChI is InChI=1S/C36H49ClN4O5/c1-5-7-9-13-23-40(27(4)34(43)38-22-8-6-2)31(42)17-14-24-41-26(3)32(35(44)46-25-28-15-11-10-12-16-28)33(39-36(41)45)29-18-20-30(37)21-19-29/h10-12,15-16,18-21,27,33H,5-9,13-14,17,22-25H2,1-4H3,(H,38,43)(H,39,45). The van der Waals surface area contributed by atoms with E-state index in [4.69, 9.17) is 16.3 Å². The van der Waals surface area contributed by atoms with Gasteiger partial charge in [-0.25, -0.2) is 9.59 Å². The normalized spacial score (nSPS) is 15.3. The molecule has 4 amide bonds. The van der Waals surface area contributed by atoms with Crippen molar-refractivity contribution >= 4 is 35.4 Å². The second kappa shape index (κ2) is 19.0. The number of unbranched alkanes of at least 4 members (excludes halogenated alkanes) is 4. The van der Waals surface area contributed by atoms with Crippen LogP contribution >= 0.6 is 11.6 Å². The summed E-state index contributed by atoms with van der Waals surface area (Å²) in [6.07, 6.45) is 6.33. The van der Waals surface area contributed by atoms with Crippen LogP contribution in [0.4, 0.5) is 4.79 Å². The molecule has 2 atom stereocenters. The topological polar surface area (TPSA) is 108 Å². The Kier molecular flexibility index (Phi) is 15.1. The molecule has 0 bridgehead atoms. The molecule has 2 unspecified atom stereocenters. The Hall–Kier alpha value is -3.85. The van der Waals surface area contributed by atoms with Gasteiger partial charge in [0.15, 0.2) is 0 Å². The van der Waals surface area contributed by atoms with Crippen LogP contribution < -0.4 is 10.6 Å². The van der Waals surface area contributed by atoms with E-state index in [1.807, 2.05) is 30.3 Å². The highest BCUT2D eigenvalue weighted by Gasteiger charge is 2.36. The first-order valence-electron chi connectivity index (χ1n) is 16.5. The third kappa shape index (κ3) is 10.6. The summed E-state index contributed by atoms with van der Waals surface area (Å²) < 4.78 is 5.71. The number of hydrogen-bond acceptors (Lipinski definition) is 5. The average Bonchev–Trinajstić information content (AvgIpc) is 3.05. The Balaban J connectivity index is 1.75. The van der Waals surface area contributed by atoms with Crippen molar-refractivity contribution in [3.63, 3.8) is 0 Å². The summed E-state index contributed by atoms with van der Waals surface area (Å²) in [7, 11) is 0. The number of hydrogen-bond donors (Lipinski definition) is 2. The van der Waals surface area contributed by atoms with Crippen molar-refractivity contribution in [2.75, 3.05) is 19.6 Å². The maximum Gasteiger partial charge on any atom is 0.338 e. The van der Waals surface area contributed by atoms with E-state index >= 15 is 0 Å². The van der Waals surface area contributed by atoms with E-state index in [0.29, 0.717) is 41.4 Å². The molecule has 0 saturated heterocycles. The third-order valence-corrected chi connectivity index (χ3v) is 8.51. The number of urea groups is 1. The van der Waals surface area contributed by atoms with Crippen molar-refractivity contribution in [2.24, 2.45) is 0 Å². The first-order chi connectivity index (χ1) is 22.2. The van der Waals surface area contributed by atoms with Gasteiger partial charge in [-0.05, 0) is 56.4 Å². The Morgan fingerprint density at radius 3 is 2.35 bits per heavy atom. The zero-order chi connectivity index (χ0) is 33.5. The molecule has 1 heterocycles. The fourth-order valence-corrected chi connectivity index (χ4v) is 5.60. The molecular weight excluding hydrogens is 604 g/mol.